The maximum Gasteiger partial charge on any atom is 0.222 e. The molecule has 0 radical (unpaired) electrons. The van der Waals surface area contributed by atoms with Gasteiger partial charge in [0.15, 0.2) is 0 Å². The zero-order valence-corrected chi connectivity index (χ0v) is 13.6. The number of hydrogen-bond donors (Lipinski definition) is 0. The van der Waals surface area contributed by atoms with Crippen LogP contribution in [0.25, 0.3) is 6.08 Å². The molecule has 3 nitrogen and oxygen atoms in total. The van der Waals surface area contributed by atoms with E-state index in [4.69, 9.17) is 0 Å². The van der Waals surface area contributed by atoms with Crippen LogP contribution in [0.2, 0.25) is 0 Å². The molecule has 2 heterocycles. The van der Waals surface area contributed by atoms with Gasteiger partial charge in [-0.25, -0.2) is 0 Å². The molecule has 118 valence electrons. The Morgan fingerprint density at radius 1 is 1.18 bits per heavy atom. The highest BCUT2D eigenvalue weighted by atomic mass is 16.2. The SMILES string of the molecule is C=Cc1ccc(CN2CCC3(CCC(=O)N(C)C3)CC2)cc1. The van der Waals surface area contributed by atoms with E-state index in [1.807, 2.05) is 18.0 Å². The van der Waals surface area contributed by atoms with Crippen molar-refractivity contribution in [2.24, 2.45) is 5.41 Å². The van der Waals surface area contributed by atoms with Crippen LogP contribution in [0, 0.1) is 5.41 Å². The molecule has 2 fully saturated rings. The van der Waals surface area contributed by atoms with Crippen molar-refractivity contribution in [3.8, 4) is 0 Å². The van der Waals surface area contributed by atoms with E-state index in [2.05, 4.69) is 35.7 Å². The zero-order valence-electron chi connectivity index (χ0n) is 13.6. The Morgan fingerprint density at radius 2 is 1.86 bits per heavy atom. The van der Waals surface area contributed by atoms with E-state index in [1.54, 1.807) is 0 Å². The summed E-state index contributed by atoms with van der Waals surface area (Å²) in [7, 11) is 1.96. The molecule has 0 unspecified atom stereocenters. The maximum absolute atomic E-state index is 11.7. The lowest BCUT2D eigenvalue weighted by Gasteiger charge is -2.46. The maximum atomic E-state index is 11.7. The summed E-state index contributed by atoms with van der Waals surface area (Å²) >= 11 is 0. The first-order chi connectivity index (χ1) is 10.6. The lowest BCUT2D eigenvalue weighted by molar-refractivity contribution is -0.137. The van der Waals surface area contributed by atoms with Crippen LogP contribution >= 0.6 is 0 Å². The van der Waals surface area contributed by atoms with Crippen LogP contribution in [0.5, 0.6) is 0 Å². The molecule has 0 N–H and O–H groups in total. The molecule has 2 saturated heterocycles. The van der Waals surface area contributed by atoms with Gasteiger partial charge in [-0.1, -0.05) is 36.9 Å². The molecular formula is C19H26N2O. The average Bonchev–Trinajstić information content (AvgIpc) is 2.55. The highest BCUT2D eigenvalue weighted by molar-refractivity contribution is 5.76. The summed E-state index contributed by atoms with van der Waals surface area (Å²) in [6.07, 6.45) is 6.14. The quantitative estimate of drug-likeness (QED) is 0.856. The van der Waals surface area contributed by atoms with Crippen LogP contribution < -0.4 is 0 Å². The van der Waals surface area contributed by atoms with E-state index < -0.39 is 0 Å². The third-order valence-corrected chi connectivity index (χ3v) is 5.41. The normalized spacial score (nSPS) is 22.0. The van der Waals surface area contributed by atoms with Crippen LogP contribution in [0.4, 0.5) is 0 Å². The zero-order chi connectivity index (χ0) is 15.6. The molecule has 0 aromatic heterocycles. The number of piperidine rings is 2. The molecule has 1 aromatic rings. The van der Waals surface area contributed by atoms with Crippen LogP contribution in [-0.2, 0) is 11.3 Å². The first-order valence-electron chi connectivity index (χ1n) is 8.28. The Labute approximate surface area is 133 Å². The third kappa shape index (κ3) is 3.25. The molecule has 2 aliphatic heterocycles. The van der Waals surface area contributed by atoms with Gasteiger partial charge in [0, 0.05) is 26.6 Å². The Balaban J connectivity index is 1.55. The van der Waals surface area contributed by atoms with Crippen molar-refractivity contribution >= 4 is 12.0 Å². The number of likely N-dealkylation sites (tertiary alicyclic amines) is 2. The number of amides is 1. The summed E-state index contributed by atoms with van der Waals surface area (Å²) in [6, 6.07) is 8.67. The topological polar surface area (TPSA) is 23.6 Å². The van der Waals surface area contributed by atoms with Crippen molar-refractivity contribution in [2.75, 3.05) is 26.7 Å². The van der Waals surface area contributed by atoms with Gasteiger partial charge in [-0.05, 0) is 48.9 Å². The number of benzene rings is 1. The Kier molecular flexibility index (Phi) is 4.34. The standard InChI is InChI=1S/C19H26N2O/c1-3-16-4-6-17(7-5-16)14-21-12-10-19(11-13-21)9-8-18(22)20(2)15-19/h3-7H,1,8-15H2,2H3. The number of nitrogens with zero attached hydrogens (tertiary/aromatic N) is 2. The molecule has 0 bridgehead atoms. The van der Waals surface area contributed by atoms with E-state index in [9.17, 15) is 4.79 Å². The van der Waals surface area contributed by atoms with Crippen molar-refractivity contribution in [1.29, 1.82) is 0 Å². The Morgan fingerprint density at radius 3 is 2.45 bits per heavy atom. The van der Waals surface area contributed by atoms with E-state index in [-0.39, 0.29) is 0 Å². The lowest BCUT2D eigenvalue weighted by Crippen LogP contribution is -2.50. The first kappa shape index (κ1) is 15.3. The fourth-order valence-electron chi connectivity index (χ4n) is 3.84. The molecule has 3 rings (SSSR count). The number of hydrogen-bond acceptors (Lipinski definition) is 2. The summed E-state index contributed by atoms with van der Waals surface area (Å²) in [5.41, 5.74) is 2.93. The molecule has 1 amide bonds. The van der Waals surface area contributed by atoms with Gasteiger partial charge in [0.05, 0.1) is 0 Å². The van der Waals surface area contributed by atoms with Gasteiger partial charge in [0.2, 0.25) is 5.91 Å². The summed E-state index contributed by atoms with van der Waals surface area (Å²) in [4.78, 5) is 16.2. The molecule has 0 saturated carbocycles. The van der Waals surface area contributed by atoms with Crippen LogP contribution in [0.1, 0.15) is 36.8 Å². The van der Waals surface area contributed by atoms with Gasteiger partial charge in [-0.3, -0.25) is 9.69 Å². The van der Waals surface area contributed by atoms with Crippen molar-refractivity contribution in [3.63, 3.8) is 0 Å². The van der Waals surface area contributed by atoms with Crippen molar-refractivity contribution in [3.05, 3.63) is 42.0 Å². The van der Waals surface area contributed by atoms with Crippen molar-refractivity contribution in [2.45, 2.75) is 32.2 Å². The molecule has 22 heavy (non-hydrogen) atoms. The second kappa shape index (κ2) is 6.25. The number of carbonyl (C=O) groups excluding carboxylic acids is 1. The van der Waals surface area contributed by atoms with E-state index in [1.165, 1.54) is 24.0 Å². The molecular weight excluding hydrogens is 272 g/mol. The smallest absolute Gasteiger partial charge is 0.222 e. The Hall–Kier alpha value is -1.61. The molecule has 2 aliphatic rings. The fourth-order valence-corrected chi connectivity index (χ4v) is 3.84. The minimum Gasteiger partial charge on any atom is -0.345 e. The molecule has 0 atom stereocenters. The second-order valence-corrected chi connectivity index (χ2v) is 6.97. The van der Waals surface area contributed by atoms with Gasteiger partial charge < -0.3 is 4.90 Å². The third-order valence-electron chi connectivity index (χ3n) is 5.41. The minimum absolute atomic E-state index is 0.315. The van der Waals surface area contributed by atoms with Gasteiger partial charge >= 0.3 is 0 Å². The summed E-state index contributed by atoms with van der Waals surface area (Å²) in [5.74, 6) is 0.315. The van der Waals surface area contributed by atoms with E-state index in [0.717, 1.165) is 39.0 Å². The molecule has 3 heteroatoms. The average molecular weight is 298 g/mol. The van der Waals surface area contributed by atoms with E-state index >= 15 is 0 Å². The second-order valence-electron chi connectivity index (χ2n) is 6.97. The summed E-state index contributed by atoms with van der Waals surface area (Å²) in [5, 5.41) is 0. The fraction of sp³-hybridized carbons (Fsp3) is 0.526. The molecule has 0 aliphatic carbocycles. The predicted molar refractivity (Wildman–Crippen MR) is 90.3 cm³/mol. The van der Waals surface area contributed by atoms with Crippen molar-refractivity contribution in [1.82, 2.24) is 9.80 Å². The first-order valence-corrected chi connectivity index (χ1v) is 8.28. The monoisotopic (exact) mass is 298 g/mol. The minimum atomic E-state index is 0.315. The highest BCUT2D eigenvalue weighted by Crippen LogP contribution is 2.39. The lowest BCUT2D eigenvalue weighted by atomic mass is 9.72. The molecule has 1 spiro atoms. The molecule has 1 aromatic carbocycles. The van der Waals surface area contributed by atoms with E-state index in [0.29, 0.717) is 11.3 Å². The van der Waals surface area contributed by atoms with Gasteiger partial charge in [-0.2, -0.15) is 0 Å². The van der Waals surface area contributed by atoms with Crippen LogP contribution in [0.15, 0.2) is 30.8 Å². The largest absolute Gasteiger partial charge is 0.345 e. The van der Waals surface area contributed by atoms with Crippen molar-refractivity contribution < 1.29 is 4.79 Å². The summed E-state index contributed by atoms with van der Waals surface area (Å²) in [6.45, 7) is 8.07. The van der Waals surface area contributed by atoms with Gasteiger partial charge in [0.1, 0.15) is 0 Å². The van der Waals surface area contributed by atoms with Crippen LogP contribution in [-0.4, -0.2) is 42.4 Å². The van der Waals surface area contributed by atoms with Gasteiger partial charge in [0.25, 0.3) is 0 Å². The summed E-state index contributed by atoms with van der Waals surface area (Å²) < 4.78 is 0. The Bertz CT molecular complexity index is 541. The number of carbonyl (C=O) groups is 1. The van der Waals surface area contributed by atoms with Crippen LogP contribution in [0.3, 0.4) is 0 Å². The highest BCUT2D eigenvalue weighted by Gasteiger charge is 2.39. The van der Waals surface area contributed by atoms with Gasteiger partial charge in [-0.15, -0.1) is 0 Å². The number of rotatable bonds is 3. The predicted octanol–water partition coefficient (Wildman–Crippen LogP) is 3.16.